The van der Waals surface area contributed by atoms with Gasteiger partial charge in [-0.1, -0.05) is 41.9 Å². The molecular weight excluding hydrogens is 312 g/mol. The fourth-order valence-electron chi connectivity index (χ4n) is 3.06. The van der Waals surface area contributed by atoms with Gasteiger partial charge in [-0.05, 0) is 18.2 Å². The zero-order valence-electron chi connectivity index (χ0n) is 12.3. The van der Waals surface area contributed by atoms with Crippen molar-refractivity contribution in [3.63, 3.8) is 0 Å². The van der Waals surface area contributed by atoms with Crippen molar-refractivity contribution < 1.29 is 5.11 Å². The maximum absolute atomic E-state index is 9.60. The molecule has 23 heavy (non-hydrogen) atoms. The van der Waals surface area contributed by atoms with Crippen molar-refractivity contribution in [2.75, 3.05) is 18.1 Å². The van der Waals surface area contributed by atoms with Gasteiger partial charge >= 0.3 is 0 Å². The van der Waals surface area contributed by atoms with Crippen molar-refractivity contribution in [1.82, 2.24) is 0 Å². The summed E-state index contributed by atoms with van der Waals surface area (Å²) in [6.07, 6.45) is -0.557. The van der Waals surface area contributed by atoms with E-state index < -0.39 is 0 Å². The van der Waals surface area contributed by atoms with Crippen molar-refractivity contribution in [2.45, 2.75) is 12.3 Å². The average molecular weight is 327 g/mol. The Morgan fingerprint density at radius 2 is 1.96 bits per heavy atom. The van der Waals surface area contributed by atoms with Crippen LogP contribution in [0, 0.1) is 0 Å². The van der Waals surface area contributed by atoms with E-state index >= 15 is 0 Å². The fourth-order valence-corrected chi connectivity index (χ4v) is 3.23. The predicted octanol–water partition coefficient (Wildman–Crippen LogP) is 3.11. The van der Waals surface area contributed by atoms with E-state index in [9.17, 15) is 5.11 Å². The Morgan fingerprint density at radius 3 is 2.74 bits per heavy atom. The first-order valence-electron chi connectivity index (χ1n) is 7.47. The second-order valence-corrected chi connectivity index (χ2v) is 5.94. The lowest BCUT2D eigenvalue weighted by Crippen LogP contribution is -2.40. The number of hydrogen-bond donors (Lipinski definition) is 1. The Labute approximate surface area is 139 Å². The van der Waals surface area contributed by atoms with Gasteiger partial charge in [0.1, 0.15) is 0 Å². The van der Waals surface area contributed by atoms with E-state index in [1.54, 1.807) is 0 Å². The minimum Gasteiger partial charge on any atom is -0.392 e. The van der Waals surface area contributed by atoms with Crippen molar-refractivity contribution >= 4 is 23.0 Å². The topological polar surface area (TPSA) is 60.6 Å². The maximum atomic E-state index is 9.60. The summed E-state index contributed by atoms with van der Waals surface area (Å²) in [5.41, 5.74) is 3.82. The quantitative estimate of drug-likeness (QED) is 0.921. The van der Waals surface area contributed by atoms with Crippen LogP contribution >= 0.6 is 11.6 Å². The zero-order chi connectivity index (χ0) is 15.8. The summed E-state index contributed by atoms with van der Waals surface area (Å²) in [6, 6.07) is 15.7. The van der Waals surface area contributed by atoms with Gasteiger partial charge in [-0.25, -0.2) is 0 Å². The minimum atomic E-state index is -0.370. The zero-order valence-corrected chi connectivity index (χ0v) is 13.1. The number of rotatable bonds is 2. The summed E-state index contributed by atoms with van der Waals surface area (Å²) in [6.45, 7) is 0.416. The number of nitrogens with zero attached hydrogens (tertiary/aromatic N) is 4. The fraction of sp³-hybridized carbons (Fsp3) is 0.235. The van der Waals surface area contributed by atoms with Crippen molar-refractivity contribution in [3.05, 3.63) is 64.7 Å². The molecule has 116 valence electrons. The van der Waals surface area contributed by atoms with E-state index in [2.05, 4.69) is 10.2 Å². The largest absolute Gasteiger partial charge is 0.392 e. The lowest BCUT2D eigenvalue weighted by atomic mass is 10.00. The van der Waals surface area contributed by atoms with Gasteiger partial charge in [0.05, 0.1) is 18.9 Å². The minimum absolute atomic E-state index is 0.0806. The molecule has 0 saturated carbocycles. The number of azo groups is 1. The van der Waals surface area contributed by atoms with E-state index in [-0.39, 0.29) is 18.9 Å². The van der Waals surface area contributed by atoms with Crippen molar-refractivity contribution in [1.29, 1.82) is 0 Å². The molecule has 6 heteroatoms. The molecule has 1 N–H and O–H groups in total. The molecule has 0 bridgehead atoms. The van der Waals surface area contributed by atoms with Gasteiger partial charge in [0.15, 0.2) is 12.3 Å². The summed E-state index contributed by atoms with van der Waals surface area (Å²) in [5.74, 6) is 0. The van der Waals surface area contributed by atoms with Crippen LogP contribution in [0.25, 0.3) is 0 Å². The molecule has 2 atom stereocenters. The van der Waals surface area contributed by atoms with Crippen LogP contribution in [0.2, 0.25) is 5.02 Å². The van der Waals surface area contributed by atoms with Gasteiger partial charge in [0, 0.05) is 21.8 Å². The molecule has 0 aliphatic carbocycles. The summed E-state index contributed by atoms with van der Waals surface area (Å²) < 4.78 is 0. The van der Waals surface area contributed by atoms with Crippen LogP contribution in [0.15, 0.2) is 63.8 Å². The van der Waals surface area contributed by atoms with Crippen LogP contribution in [-0.2, 0) is 0 Å². The molecule has 2 unspecified atom stereocenters. The van der Waals surface area contributed by atoms with E-state index in [1.807, 2.05) is 53.4 Å². The molecule has 0 radical (unpaired) electrons. The Hall–Kier alpha value is -2.24. The van der Waals surface area contributed by atoms with Gasteiger partial charge in [-0.3, -0.25) is 4.99 Å². The summed E-state index contributed by atoms with van der Waals surface area (Å²) in [5, 5.41) is 18.7. The molecule has 2 aromatic carbocycles. The number of aliphatic hydroxyl groups is 1. The van der Waals surface area contributed by atoms with Crippen LogP contribution < -0.4 is 4.90 Å². The third-order valence-electron chi connectivity index (χ3n) is 4.09. The first-order valence-corrected chi connectivity index (χ1v) is 7.84. The van der Waals surface area contributed by atoms with Crippen LogP contribution in [0.5, 0.6) is 0 Å². The molecule has 2 aliphatic heterocycles. The number of aliphatic imine (C=N–C) groups is 1. The molecule has 0 aromatic heterocycles. The first-order chi connectivity index (χ1) is 11.3. The second-order valence-electron chi connectivity index (χ2n) is 5.50. The van der Waals surface area contributed by atoms with Crippen LogP contribution in [0.4, 0.5) is 5.69 Å². The molecular formula is C17H15ClN4O. The Morgan fingerprint density at radius 1 is 1.13 bits per heavy atom. The number of halogens is 1. The van der Waals surface area contributed by atoms with E-state index in [0.29, 0.717) is 11.6 Å². The van der Waals surface area contributed by atoms with E-state index in [1.165, 1.54) is 0 Å². The molecule has 5 nitrogen and oxygen atoms in total. The van der Waals surface area contributed by atoms with Gasteiger partial charge in [0.2, 0.25) is 0 Å². The molecule has 2 heterocycles. The Kier molecular flexibility index (Phi) is 3.59. The maximum Gasteiger partial charge on any atom is 0.167 e. The summed E-state index contributed by atoms with van der Waals surface area (Å²) in [4.78, 5) is 6.79. The molecule has 2 aliphatic rings. The van der Waals surface area contributed by atoms with Crippen LogP contribution in [-0.4, -0.2) is 36.3 Å². The van der Waals surface area contributed by atoms with Crippen LogP contribution in [0.1, 0.15) is 11.1 Å². The second kappa shape index (κ2) is 5.76. The molecule has 0 saturated heterocycles. The van der Waals surface area contributed by atoms with Gasteiger partial charge in [-0.15, -0.1) is 0 Å². The SMILES string of the molecule is OCC1N=NC2CN=C(c3ccccc3)c3cc(Cl)ccc3N12. The Balaban J connectivity index is 1.90. The number of anilines is 1. The lowest BCUT2D eigenvalue weighted by molar-refractivity contribution is 0.265. The smallest absolute Gasteiger partial charge is 0.167 e. The highest BCUT2D eigenvalue weighted by Crippen LogP contribution is 2.35. The van der Waals surface area contributed by atoms with Gasteiger partial charge in [0.25, 0.3) is 0 Å². The first kappa shape index (κ1) is 14.4. The Bertz CT molecular complexity index is 790. The van der Waals surface area contributed by atoms with Crippen molar-refractivity contribution in [2.24, 2.45) is 15.2 Å². The highest BCUT2D eigenvalue weighted by atomic mass is 35.5. The molecule has 0 fully saturated rings. The standard InChI is InChI=1S/C17H15ClN4O/c18-12-6-7-14-13(8-12)17(11-4-2-1-3-5-11)19-9-15-20-21-16(10-23)22(14)15/h1-8,15-16,23H,9-10H2. The van der Waals surface area contributed by atoms with Crippen molar-refractivity contribution in [3.8, 4) is 0 Å². The molecule has 2 aromatic rings. The third kappa shape index (κ3) is 2.42. The summed E-state index contributed by atoms with van der Waals surface area (Å²) in [7, 11) is 0. The van der Waals surface area contributed by atoms with Crippen LogP contribution in [0.3, 0.4) is 0 Å². The van der Waals surface area contributed by atoms with Gasteiger partial charge < -0.3 is 10.0 Å². The highest BCUT2D eigenvalue weighted by Gasteiger charge is 2.35. The summed E-state index contributed by atoms with van der Waals surface area (Å²) >= 11 is 6.23. The number of hydrogen-bond acceptors (Lipinski definition) is 5. The van der Waals surface area contributed by atoms with Gasteiger partial charge in [-0.2, -0.15) is 10.2 Å². The molecule has 4 rings (SSSR count). The average Bonchev–Trinajstić information content (AvgIpc) is 2.92. The lowest BCUT2D eigenvalue weighted by Gasteiger charge is -2.27. The number of fused-ring (bicyclic) bond motifs is 3. The highest BCUT2D eigenvalue weighted by molar-refractivity contribution is 6.31. The number of aliphatic hydroxyl groups excluding tert-OH is 1. The normalized spacial score (nSPS) is 22.3. The van der Waals surface area contributed by atoms with E-state index in [0.717, 1.165) is 22.5 Å². The monoisotopic (exact) mass is 326 g/mol. The number of benzene rings is 2. The van der Waals surface area contributed by atoms with E-state index in [4.69, 9.17) is 16.6 Å². The predicted molar refractivity (Wildman–Crippen MR) is 90.4 cm³/mol. The molecule has 0 amide bonds. The molecule has 0 spiro atoms. The third-order valence-corrected chi connectivity index (χ3v) is 4.33.